The summed E-state index contributed by atoms with van der Waals surface area (Å²) < 4.78 is 5.96. The molecule has 0 amide bonds. The van der Waals surface area contributed by atoms with Gasteiger partial charge in [-0.05, 0) is 51.7 Å². The first-order valence-corrected chi connectivity index (χ1v) is 12.5. The highest BCUT2D eigenvalue weighted by molar-refractivity contribution is 8.00. The smallest absolute Gasteiger partial charge is 0.303 e. The zero-order valence-electron chi connectivity index (χ0n) is 19.7. The van der Waals surface area contributed by atoms with Crippen LogP contribution >= 0.6 is 11.8 Å². The topological polar surface area (TPSA) is 104 Å². The molecule has 1 fully saturated rings. The van der Waals surface area contributed by atoms with Gasteiger partial charge in [-0.15, -0.1) is 0 Å². The zero-order chi connectivity index (χ0) is 23.9. The summed E-state index contributed by atoms with van der Waals surface area (Å²) in [5, 5.41) is 29.8. The third-order valence-electron chi connectivity index (χ3n) is 5.97. The number of hydrogen-bond acceptors (Lipinski definition) is 6. The fraction of sp³-hybridized carbons (Fsp3) is 0.680. The number of aliphatic hydroxyl groups is 2. The number of ketones is 1. The van der Waals surface area contributed by atoms with Crippen LogP contribution in [0, 0.1) is 26.7 Å². The van der Waals surface area contributed by atoms with Gasteiger partial charge in [-0.1, -0.05) is 37.0 Å². The molecule has 0 heterocycles. The second kappa shape index (κ2) is 12.1. The molecule has 0 spiro atoms. The molecule has 7 heteroatoms. The highest BCUT2D eigenvalue weighted by Gasteiger charge is 2.42. The van der Waals surface area contributed by atoms with Crippen molar-refractivity contribution in [3.05, 3.63) is 28.8 Å². The number of thioether (sulfide) groups is 1. The fourth-order valence-electron chi connectivity index (χ4n) is 4.41. The van der Waals surface area contributed by atoms with Crippen molar-refractivity contribution in [2.24, 2.45) is 5.92 Å². The molecule has 0 bridgehead atoms. The van der Waals surface area contributed by atoms with E-state index in [1.807, 2.05) is 20.8 Å². The van der Waals surface area contributed by atoms with Gasteiger partial charge in [0, 0.05) is 29.8 Å². The number of aliphatic hydroxyl groups excluding tert-OH is 1. The first kappa shape index (κ1) is 26.7. The van der Waals surface area contributed by atoms with Crippen LogP contribution in [0.5, 0.6) is 5.75 Å². The normalized spacial score (nSPS) is 22.7. The summed E-state index contributed by atoms with van der Waals surface area (Å²) in [5.74, 6) is 0.244. The van der Waals surface area contributed by atoms with E-state index in [0.29, 0.717) is 18.6 Å². The Kier molecular flexibility index (Phi) is 10.0. The Labute approximate surface area is 195 Å². The summed E-state index contributed by atoms with van der Waals surface area (Å²) >= 11 is 1.45. The molecular formula is C25H38O6S. The van der Waals surface area contributed by atoms with Crippen LogP contribution in [0.15, 0.2) is 12.1 Å². The average molecular weight is 467 g/mol. The number of aryl methyl sites for hydroxylation is 3. The lowest BCUT2D eigenvalue weighted by Crippen LogP contribution is -2.37. The van der Waals surface area contributed by atoms with E-state index in [0.717, 1.165) is 36.1 Å². The van der Waals surface area contributed by atoms with Crippen LogP contribution in [0.4, 0.5) is 0 Å². The molecule has 32 heavy (non-hydrogen) atoms. The number of carbonyl (C=O) groups excluding carboxylic acids is 1. The van der Waals surface area contributed by atoms with Gasteiger partial charge < -0.3 is 20.1 Å². The van der Waals surface area contributed by atoms with Gasteiger partial charge in [0.15, 0.2) is 0 Å². The Bertz CT molecular complexity index is 768. The van der Waals surface area contributed by atoms with Crippen molar-refractivity contribution in [3.8, 4) is 5.75 Å². The van der Waals surface area contributed by atoms with Crippen molar-refractivity contribution < 1.29 is 29.6 Å². The SMILES string of the molecule is Cc1cc(C)c(OCC(C)(O)CS[C@H]2C(O)CC(=O)[C@@H]2CCCCCCC(=O)O)c(C)c1. The van der Waals surface area contributed by atoms with E-state index >= 15 is 0 Å². The molecule has 0 aromatic heterocycles. The lowest BCUT2D eigenvalue weighted by atomic mass is 9.98. The molecule has 1 saturated carbocycles. The van der Waals surface area contributed by atoms with E-state index in [2.05, 4.69) is 12.1 Å². The largest absolute Gasteiger partial charge is 0.490 e. The van der Waals surface area contributed by atoms with Crippen LogP contribution in [-0.4, -0.2) is 56.4 Å². The maximum Gasteiger partial charge on any atom is 0.303 e. The summed E-state index contributed by atoms with van der Waals surface area (Å²) in [6, 6.07) is 4.11. The molecule has 6 nitrogen and oxygen atoms in total. The number of aliphatic carboxylic acids is 1. The summed E-state index contributed by atoms with van der Waals surface area (Å²) in [5.41, 5.74) is 2.14. The highest BCUT2D eigenvalue weighted by Crippen LogP contribution is 2.38. The third-order valence-corrected chi connectivity index (χ3v) is 7.79. The van der Waals surface area contributed by atoms with Crippen molar-refractivity contribution in [3.63, 3.8) is 0 Å². The first-order chi connectivity index (χ1) is 15.0. The summed E-state index contributed by atoms with van der Waals surface area (Å²) in [4.78, 5) is 23.0. The van der Waals surface area contributed by atoms with Gasteiger partial charge in [0.2, 0.25) is 0 Å². The minimum absolute atomic E-state index is 0.0855. The molecule has 0 radical (unpaired) electrons. The Morgan fingerprint density at radius 1 is 1.16 bits per heavy atom. The van der Waals surface area contributed by atoms with E-state index in [1.165, 1.54) is 17.3 Å². The maximum absolute atomic E-state index is 12.4. The van der Waals surface area contributed by atoms with Gasteiger partial charge in [-0.3, -0.25) is 9.59 Å². The average Bonchev–Trinajstić information content (AvgIpc) is 2.94. The molecule has 1 aliphatic carbocycles. The number of benzene rings is 1. The van der Waals surface area contributed by atoms with Crippen molar-refractivity contribution in [1.82, 2.24) is 0 Å². The standard InChI is InChI=1S/C25H38O6S/c1-16-11-17(2)23(18(3)12-16)31-14-25(4,30)15-32-24-19(20(26)13-21(24)27)9-7-5-6-8-10-22(28)29/h11-12,19,21,24,27,30H,5-10,13-15H2,1-4H3,(H,28,29)/t19-,21?,24+,25?/m0/s1. The third kappa shape index (κ3) is 8.09. The van der Waals surface area contributed by atoms with Crippen molar-refractivity contribution in [2.75, 3.05) is 12.4 Å². The molecule has 4 atom stereocenters. The van der Waals surface area contributed by atoms with Crippen molar-refractivity contribution in [2.45, 2.75) is 89.6 Å². The Balaban J connectivity index is 1.84. The number of unbranched alkanes of at least 4 members (excludes halogenated alkanes) is 3. The van der Waals surface area contributed by atoms with Crippen LogP contribution in [0.25, 0.3) is 0 Å². The van der Waals surface area contributed by atoms with E-state index in [-0.39, 0.29) is 36.4 Å². The van der Waals surface area contributed by atoms with E-state index < -0.39 is 17.7 Å². The Morgan fingerprint density at radius 2 is 1.78 bits per heavy atom. The fourth-order valence-corrected chi connectivity index (χ4v) is 5.88. The number of hydrogen-bond donors (Lipinski definition) is 3. The molecule has 1 aromatic rings. The van der Waals surface area contributed by atoms with Gasteiger partial charge in [-0.25, -0.2) is 0 Å². The number of rotatable bonds is 13. The lowest BCUT2D eigenvalue weighted by molar-refractivity contribution is -0.137. The molecule has 1 aromatic carbocycles. The molecule has 1 aliphatic rings. The van der Waals surface area contributed by atoms with Crippen LogP contribution in [0.2, 0.25) is 0 Å². The lowest BCUT2D eigenvalue weighted by Gasteiger charge is -2.28. The van der Waals surface area contributed by atoms with Crippen LogP contribution in [0.1, 0.15) is 68.6 Å². The van der Waals surface area contributed by atoms with E-state index in [4.69, 9.17) is 9.84 Å². The highest BCUT2D eigenvalue weighted by atomic mass is 32.2. The zero-order valence-corrected chi connectivity index (χ0v) is 20.5. The molecule has 0 aliphatic heterocycles. The van der Waals surface area contributed by atoms with Crippen molar-refractivity contribution in [1.29, 1.82) is 0 Å². The number of carboxylic acids is 1. The number of ether oxygens (including phenoxy) is 1. The van der Waals surface area contributed by atoms with E-state index in [9.17, 15) is 19.8 Å². The monoisotopic (exact) mass is 466 g/mol. The number of carboxylic acid groups (broad SMARTS) is 1. The molecular weight excluding hydrogens is 428 g/mol. The summed E-state index contributed by atoms with van der Waals surface area (Å²) in [6.45, 7) is 7.88. The predicted molar refractivity (Wildman–Crippen MR) is 127 cm³/mol. The Hall–Kier alpha value is -1.57. The second-order valence-corrected chi connectivity index (χ2v) is 10.6. The van der Waals surface area contributed by atoms with Crippen LogP contribution < -0.4 is 4.74 Å². The molecule has 3 N–H and O–H groups in total. The van der Waals surface area contributed by atoms with E-state index in [1.54, 1.807) is 6.92 Å². The predicted octanol–water partition coefficient (Wildman–Crippen LogP) is 4.22. The minimum atomic E-state index is -1.10. The number of carbonyl (C=O) groups is 2. The van der Waals surface area contributed by atoms with Crippen LogP contribution in [-0.2, 0) is 9.59 Å². The Morgan fingerprint density at radius 3 is 2.41 bits per heavy atom. The molecule has 2 rings (SSSR count). The van der Waals surface area contributed by atoms with Crippen molar-refractivity contribution >= 4 is 23.5 Å². The van der Waals surface area contributed by atoms with Crippen LogP contribution in [0.3, 0.4) is 0 Å². The maximum atomic E-state index is 12.4. The minimum Gasteiger partial charge on any atom is -0.490 e. The number of Topliss-reactive ketones (excluding diaryl/α,β-unsaturated/α-hetero) is 1. The van der Waals surface area contributed by atoms with Gasteiger partial charge in [0.25, 0.3) is 0 Å². The molecule has 0 saturated heterocycles. The van der Waals surface area contributed by atoms with Gasteiger partial charge >= 0.3 is 5.97 Å². The molecule has 2 unspecified atom stereocenters. The second-order valence-electron chi connectivity index (χ2n) is 9.48. The molecule has 180 valence electrons. The first-order valence-electron chi connectivity index (χ1n) is 11.5. The van der Waals surface area contributed by atoms with Gasteiger partial charge in [0.05, 0.1) is 6.10 Å². The summed E-state index contributed by atoms with van der Waals surface area (Å²) in [6.07, 6.45) is 3.55. The quantitative estimate of drug-likeness (QED) is 0.374. The van der Waals surface area contributed by atoms with Gasteiger partial charge in [-0.2, -0.15) is 11.8 Å². The van der Waals surface area contributed by atoms with Gasteiger partial charge in [0.1, 0.15) is 23.7 Å². The summed E-state index contributed by atoms with van der Waals surface area (Å²) in [7, 11) is 0.